The lowest BCUT2D eigenvalue weighted by Gasteiger charge is -2.30. The van der Waals surface area contributed by atoms with E-state index in [9.17, 15) is 4.79 Å². The van der Waals surface area contributed by atoms with Crippen molar-refractivity contribution in [2.75, 3.05) is 40.3 Å². The molecule has 0 aromatic carbocycles. The van der Waals surface area contributed by atoms with Crippen molar-refractivity contribution in [3.8, 4) is 10.7 Å². The van der Waals surface area contributed by atoms with E-state index in [2.05, 4.69) is 25.3 Å². The fourth-order valence-corrected chi connectivity index (χ4v) is 3.57. The summed E-state index contributed by atoms with van der Waals surface area (Å²) >= 11 is 1.60. The summed E-state index contributed by atoms with van der Waals surface area (Å²) in [6.45, 7) is 3.98. The van der Waals surface area contributed by atoms with Gasteiger partial charge in [-0.05, 0) is 51.5 Å². The number of amides is 1. The molecule has 1 aliphatic heterocycles. The van der Waals surface area contributed by atoms with E-state index in [1.54, 1.807) is 11.3 Å². The van der Waals surface area contributed by atoms with E-state index in [0.29, 0.717) is 24.8 Å². The molecule has 3 heterocycles. The van der Waals surface area contributed by atoms with E-state index >= 15 is 0 Å². The van der Waals surface area contributed by atoms with Crippen LogP contribution in [0.2, 0.25) is 0 Å². The zero-order valence-electron chi connectivity index (χ0n) is 14.8. The van der Waals surface area contributed by atoms with Crippen LogP contribution in [0.4, 0.5) is 0 Å². The Hall–Kier alpha value is -1.77. The molecule has 7 nitrogen and oxygen atoms in total. The van der Waals surface area contributed by atoms with Crippen LogP contribution in [0.1, 0.15) is 18.7 Å². The van der Waals surface area contributed by atoms with Gasteiger partial charge in [-0.2, -0.15) is 4.98 Å². The van der Waals surface area contributed by atoms with Crippen LogP contribution in [0.25, 0.3) is 10.7 Å². The van der Waals surface area contributed by atoms with E-state index < -0.39 is 0 Å². The number of carbonyl (C=O) groups is 1. The van der Waals surface area contributed by atoms with E-state index in [1.165, 1.54) is 0 Å². The van der Waals surface area contributed by atoms with Crippen molar-refractivity contribution in [1.82, 2.24) is 25.3 Å². The molecule has 136 valence electrons. The molecule has 1 fully saturated rings. The monoisotopic (exact) mass is 363 g/mol. The number of likely N-dealkylation sites (N-methyl/N-ethyl adjacent to an activating group) is 1. The molecule has 1 aliphatic rings. The van der Waals surface area contributed by atoms with Gasteiger partial charge in [0, 0.05) is 19.0 Å². The standard InChI is InChI=1S/C17H25N5O2S/c1-21(2)10-7-18-17(23)13-5-8-22(9-6-13)12-15-19-16(20-24-15)14-4-3-11-25-14/h3-4,11,13H,5-10,12H2,1-2H3,(H,18,23). The summed E-state index contributed by atoms with van der Waals surface area (Å²) in [4.78, 5) is 22.0. The number of carbonyl (C=O) groups excluding carboxylic acids is 1. The molecule has 8 heteroatoms. The van der Waals surface area contributed by atoms with Gasteiger partial charge in [0.1, 0.15) is 0 Å². The van der Waals surface area contributed by atoms with Crippen LogP contribution in [-0.2, 0) is 11.3 Å². The molecule has 3 rings (SSSR count). The second-order valence-electron chi connectivity index (χ2n) is 6.63. The molecule has 0 unspecified atom stereocenters. The average molecular weight is 363 g/mol. The van der Waals surface area contributed by atoms with Crippen LogP contribution in [0, 0.1) is 5.92 Å². The Kier molecular flexibility index (Phi) is 6.17. The maximum absolute atomic E-state index is 12.2. The predicted molar refractivity (Wildman–Crippen MR) is 97.2 cm³/mol. The highest BCUT2D eigenvalue weighted by Crippen LogP contribution is 2.23. The first-order chi connectivity index (χ1) is 12.1. The molecule has 0 bridgehead atoms. The van der Waals surface area contributed by atoms with Crippen LogP contribution >= 0.6 is 11.3 Å². The molecule has 0 saturated carbocycles. The molecular weight excluding hydrogens is 338 g/mol. The largest absolute Gasteiger partial charge is 0.355 e. The number of rotatable bonds is 7. The highest BCUT2D eigenvalue weighted by molar-refractivity contribution is 7.13. The molecule has 1 N–H and O–H groups in total. The first-order valence-corrected chi connectivity index (χ1v) is 9.51. The SMILES string of the molecule is CN(C)CCNC(=O)C1CCN(Cc2nc(-c3cccs3)no2)CC1. The van der Waals surface area contributed by atoms with Crippen molar-refractivity contribution in [3.63, 3.8) is 0 Å². The van der Waals surface area contributed by atoms with Gasteiger partial charge < -0.3 is 14.7 Å². The Morgan fingerprint density at radius 1 is 1.44 bits per heavy atom. The minimum atomic E-state index is 0.114. The van der Waals surface area contributed by atoms with Crippen LogP contribution in [0.5, 0.6) is 0 Å². The first-order valence-electron chi connectivity index (χ1n) is 8.63. The summed E-state index contributed by atoms with van der Waals surface area (Å²) in [5, 5.41) is 9.07. The molecule has 25 heavy (non-hydrogen) atoms. The Morgan fingerprint density at radius 3 is 2.92 bits per heavy atom. The molecule has 1 saturated heterocycles. The number of hydrogen-bond acceptors (Lipinski definition) is 7. The predicted octanol–water partition coefficient (Wildman–Crippen LogP) is 1.69. The van der Waals surface area contributed by atoms with Crippen molar-refractivity contribution in [3.05, 3.63) is 23.4 Å². The van der Waals surface area contributed by atoms with E-state index in [0.717, 1.165) is 37.4 Å². The molecule has 0 spiro atoms. The summed E-state index contributed by atoms with van der Waals surface area (Å²) < 4.78 is 5.36. The molecule has 2 aromatic rings. The fraction of sp³-hybridized carbons (Fsp3) is 0.588. The quantitative estimate of drug-likeness (QED) is 0.807. The summed E-state index contributed by atoms with van der Waals surface area (Å²) in [6.07, 6.45) is 1.75. The van der Waals surface area contributed by atoms with Gasteiger partial charge in [0.05, 0.1) is 11.4 Å². The van der Waals surface area contributed by atoms with Crippen molar-refractivity contribution in [1.29, 1.82) is 0 Å². The zero-order valence-corrected chi connectivity index (χ0v) is 15.6. The summed E-state index contributed by atoms with van der Waals surface area (Å²) in [5.74, 6) is 1.58. The number of aromatic nitrogens is 2. The van der Waals surface area contributed by atoms with E-state index in [1.807, 2.05) is 31.6 Å². The van der Waals surface area contributed by atoms with E-state index in [-0.39, 0.29) is 11.8 Å². The smallest absolute Gasteiger partial charge is 0.241 e. The second kappa shape index (κ2) is 8.55. The van der Waals surface area contributed by atoms with Gasteiger partial charge in [-0.15, -0.1) is 11.3 Å². The van der Waals surface area contributed by atoms with Crippen LogP contribution in [-0.4, -0.2) is 66.1 Å². The third-order valence-electron chi connectivity index (χ3n) is 4.39. The minimum Gasteiger partial charge on any atom is -0.355 e. The lowest BCUT2D eigenvalue weighted by Crippen LogP contribution is -2.41. The van der Waals surface area contributed by atoms with Gasteiger partial charge in [-0.1, -0.05) is 11.2 Å². The molecule has 0 atom stereocenters. The van der Waals surface area contributed by atoms with Gasteiger partial charge in [-0.25, -0.2) is 0 Å². The van der Waals surface area contributed by atoms with Crippen LogP contribution < -0.4 is 5.32 Å². The maximum Gasteiger partial charge on any atom is 0.241 e. The van der Waals surface area contributed by atoms with Crippen molar-refractivity contribution in [2.24, 2.45) is 5.92 Å². The molecule has 2 aromatic heterocycles. The number of nitrogens with zero attached hydrogens (tertiary/aromatic N) is 4. The zero-order chi connectivity index (χ0) is 17.6. The maximum atomic E-state index is 12.2. The van der Waals surface area contributed by atoms with Gasteiger partial charge in [0.2, 0.25) is 17.6 Å². The Morgan fingerprint density at radius 2 is 2.24 bits per heavy atom. The fourth-order valence-electron chi connectivity index (χ4n) is 2.92. The van der Waals surface area contributed by atoms with Gasteiger partial charge in [-0.3, -0.25) is 9.69 Å². The number of piperidine rings is 1. The summed E-state index contributed by atoms with van der Waals surface area (Å²) in [6, 6.07) is 3.96. The topological polar surface area (TPSA) is 74.5 Å². The van der Waals surface area contributed by atoms with Crippen molar-refractivity contribution >= 4 is 17.2 Å². The third kappa shape index (κ3) is 5.10. The van der Waals surface area contributed by atoms with Gasteiger partial charge in [0.25, 0.3) is 0 Å². The second-order valence-corrected chi connectivity index (χ2v) is 7.58. The molecule has 0 aliphatic carbocycles. The number of nitrogens with one attached hydrogen (secondary N) is 1. The average Bonchev–Trinajstić information content (AvgIpc) is 3.26. The van der Waals surface area contributed by atoms with E-state index in [4.69, 9.17) is 4.52 Å². The molecule has 0 radical (unpaired) electrons. The third-order valence-corrected chi connectivity index (χ3v) is 5.25. The van der Waals surface area contributed by atoms with Gasteiger partial charge >= 0.3 is 0 Å². The minimum absolute atomic E-state index is 0.114. The first kappa shape index (κ1) is 18.0. The molecular formula is C17H25N5O2S. The normalized spacial score (nSPS) is 16.4. The number of thiophene rings is 1. The Labute approximate surface area is 152 Å². The number of hydrogen-bond donors (Lipinski definition) is 1. The molecule has 1 amide bonds. The van der Waals surface area contributed by atoms with Crippen LogP contribution in [0.3, 0.4) is 0 Å². The van der Waals surface area contributed by atoms with Crippen LogP contribution in [0.15, 0.2) is 22.0 Å². The lowest BCUT2D eigenvalue weighted by molar-refractivity contribution is -0.126. The van der Waals surface area contributed by atoms with Gasteiger partial charge in [0.15, 0.2) is 0 Å². The Bertz CT molecular complexity index is 662. The summed E-state index contributed by atoms with van der Waals surface area (Å²) in [7, 11) is 4.01. The highest BCUT2D eigenvalue weighted by atomic mass is 32.1. The Balaban J connectivity index is 1.43. The lowest BCUT2D eigenvalue weighted by atomic mass is 9.96. The van der Waals surface area contributed by atoms with Crippen molar-refractivity contribution in [2.45, 2.75) is 19.4 Å². The summed E-state index contributed by atoms with van der Waals surface area (Å²) in [5.41, 5.74) is 0. The highest BCUT2D eigenvalue weighted by Gasteiger charge is 2.25. The number of likely N-dealkylation sites (tertiary alicyclic amines) is 1. The van der Waals surface area contributed by atoms with Crippen molar-refractivity contribution < 1.29 is 9.32 Å².